The van der Waals surface area contributed by atoms with Crippen LogP contribution < -0.4 is 0 Å². The molecule has 1 heterocycles. The molecule has 0 nitrogen and oxygen atoms in total. The van der Waals surface area contributed by atoms with Crippen molar-refractivity contribution in [2.45, 2.75) is 6.42 Å². The van der Waals surface area contributed by atoms with Crippen molar-refractivity contribution in [3.8, 4) is 11.1 Å². The quantitative estimate of drug-likeness (QED) is 0.531. The van der Waals surface area contributed by atoms with Gasteiger partial charge in [-0.05, 0) is 63.9 Å². The summed E-state index contributed by atoms with van der Waals surface area (Å²) in [6.07, 6.45) is 3.36. The van der Waals surface area contributed by atoms with E-state index < -0.39 is 0 Å². The zero-order valence-electron chi connectivity index (χ0n) is 11.3. The number of rotatable bonds is 2. The molecule has 0 aliphatic heterocycles. The van der Waals surface area contributed by atoms with Gasteiger partial charge in [0.2, 0.25) is 0 Å². The Morgan fingerprint density at radius 3 is 2.52 bits per heavy atom. The third kappa shape index (κ3) is 2.33. The van der Waals surface area contributed by atoms with Crippen molar-refractivity contribution in [3.63, 3.8) is 0 Å². The predicted molar refractivity (Wildman–Crippen MR) is 92.8 cm³/mol. The van der Waals surface area contributed by atoms with Crippen LogP contribution in [0.2, 0.25) is 5.02 Å². The Balaban J connectivity index is 1.82. The minimum absolute atomic E-state index is 0.779. The summed E-state index contributed by atoms with van der Waals surface area (Å²) in [4.78, 5) is 1.37. The van der Waals surface area contributed by atoms with Crippen LogP contribution in [0.4, 0.5) is 0 Å². The second kappa shape index (κ2) is 5.18. The highest BCUT2D eigenvalue weighted by molar-refractivity contribution is 7.11. The lowest BCUT2D eigenvalue weighted by molar-refractivity contribution is 1.33. The maximum Gasteiger partial charge on any atom is 0.0406 e. The summed E-state index contributed by atoms with van der Waals surface area (Å²) in [7, 11) is 0. The van der Waals surface area contributed by atoms with Crippen molar-refractivity contribution in [1.82, 2.24) is 0 Å². The van der Waals surface area contributed by atoms with Gasteiger partial charge in [0.15, 0.2) is 0 Å². The summed E-state index contributed by atoms with van der Waals surface area (Å²) in [6.45, 7) is 0. The first-order valence-corrected chi connectivity index (χ1v) is 8.19. The molecule has 21 heavy (non-hydrogen) atoms. The first kappa shape index (κ1) is 12.9. The highest BCUT2D eigenvalue weighted by atomic mass is 35.5. The number of hydrogen-bond acceptors (Lipinski definition) is 1. The third-order valence-electron chi connectivity index (χ3n) is 3.89. The van der Waals surface area contributed by atoms with E-state index in [0.717, 1.165) is 11.4 Å². The minimum Gasteiger partial charge on any atom is -0.144 e. The number of halogens is 1. The van der Waals surface area contributed by atoms with E-state index >= 15 is 0 Å². The predicted octanol–water partition coefficient (Wildman–Crippen LogP) is 6.17. The van der Waals surface area contributed by atoms with Gasteiger partial charge in [-0.2, -0.15) is 0 Å². The Bertz CT molecular complexity index is 811. The largest absolute Gasteiger partial charge is 0.144 e. The van der Waals surface area contributed by atoms with Crippen molar-refractivity contribution < 1.29 is 0 Å². The van der Waals surface area contributed by atoms with Crippen LogP contribution in [0.5, 0.6) is 0 Å². The van der Waals surface area contributed by atoms with E-state index in [2.05, 4.69) is 53.9 Å². The fourth-order valence-corrected chi connectivity index (χ4v) is 3.74. The molecule has 2 heteroatoms. The van der Waals surface area contributed by atoms with Gasteiger partial charge in [0.25, 0.3) is 0 Å². The third-order valence-corrected chi connectivity index (χ3v) is 5.09. The molecule has 0 fully saturated rings. The number of thiophene rings is 1. The summed E-state index contributed by atoms with van der Waals surface area (Å²) < 4.78 is 0. The van der Waals surface area contributed by atoms with E-state index in [0.29, 0.717) is 0 Å². The SMILES string of the molecule is Clc1ccc(-c2cccc3c2C=C(c2cccs2)C3)cc1. The van der Waals surface area contributed by atoms with Crippen LogP contribution in [0, 0.1) is 0 Å². The van der Waals surface area contributed by atoms with Gasteiger partial charge in [-0.1, -0.05) is 48.0 Å². The molecule has 1 aliphatic carbocycles. The minimum atomic E-state index is 0.779. The zero-order valence-corrected chi connectivity index (χ0v) is 12.9. The lowest BCUT2D eigenvalue weighted by Crippen LogP contribution is -1.87. The van der Waals surface area contributed by atoms with Crippen molar-refractivity contribution >= 4 is 34.6 Å². The van der Waals surface area contributed by atoms with E-state index in [-0.39, 0.29) is 0 Å². The second-order valence-corrected chi connectivity index (χ2v) is 6.59. The topological polar surface area (TPSA) is 0 Å². The highest BCUT2D eigenvalue weighted by Gasteiger charge is 2.17. The van der Waals surface area contributed by atoms with Gasteiger partial charge in [-0.3, -0.25) is 0 Å². The molecule has 4 rings (SSSR count). The van der Waals surface area contributed by atoms with Gasteiger partial charge in [0.1, 0.15) is 0 Å². The van der Waals surface area contributed by atoms with Crippen LogP contribution in [-0.4, -0.2) is 0 Å². The molecule has 0 amide bonds. The standard InChI is InChI=1S/C19H13ClS/c20-16-8-6-13(7-9-16)17-4-1-3-14-11-15(12-18(14)17)19-5-2-10-21-19/h1-10,12H,11H2. The van der Waals surface area contributed by atoms with Gasteiger partial charge in [0, 0.05) is 9.90 Å². The molecular weight excluding hydrogens is 296 g/mol. The number of fused-ring (bicyclic) bond motifs is 1. The highest BCUT2D eigenvalue weighted by Crippen LogP contribution is 2.38. The van der Waals surface area contributed by atoms with Gasteiger partial charge in [0.05, 0.1) is 0 Å². The van der Waals surface area contributed by atoms with Crippen molar-refractivity contribution in [1.29, 1.82) is 0 Å². The Morgan fingerprint density at radius 2 is 1.76 bits per heavy atom. The van der Waals surface area contributed by atoms with Crippen LogP contribution >= 0.6 is 22.9 Å². The molecule has 0 saturated carbocycles. The molecule has 0 N–H and O–H groups in total. The summed E-state index contributed by atoms with van der Waals surface area (Å²) in [5.74, 6) is 0. The molecule has 2 aromatic carbocycles. The molecule has 0 saturated heterocycles. The molecule has 3 aromatic rings. The summed E-state index contributed by atoms with van der Waals surface area (Å²) in [5.41, 5.74) is 6.69. The van der Waals surface area contributed by atoms with E-state index in [1.54, 1.807) is 0 Å². The number of benzene rings is 2. The Kier molecular flexibility index (Phi) is 3.17. The molecule has 1 aromatic heterocycles. The first-order chi connectivity index (χ1) is 10.3. The number of allylic oxidation sites excluding steroid dienone is 1. The van der Waals surface area contributed by atoms with Crippen molar-refractivity contribution in [3.05, 3.63) is 81.0 Å². The number of hydrogen-bond donors (Lipinski definition) is 0. The smallest absolute Gasteiger partial charge is 0.0406 e. The summed E-state index contributed by atoms with van der Waals surface area (Å²) in [5, 5.41) is 2.92. The molecule has 102 valence electrons. The fraction of sp³-hybridized carbons (Fsp3) is 0.0526. The lowest BCUT2D eigenvalue weighted by Gasteiger charge is -2.07. The summed E-state index contributed by atoms with van der Waals surface area (Å²) in [6, 6.07) is 19.0. The first-order valence-electron chi connectivity index (χ1n) is 6.93. The monoisotopic (exact) mass is 308 g/mol. The van der Waals surface area contributed by atoms with E-state index in [4.69, 9.17) is 11.6 Å². The van der Waals surface area contributed by atoms with Gasteiger partial charge in [-0.15, -0.1) is 11.3 Å². The maximum absolute atomic E-state index is 6.00. The Hall–Kier alpha value is -1.83. The molecule has 1 aliphatic rings. The van der Waals surface area contributed by atoms with Crippen molar-refractivity contribution in [2.24, 2.45) is 0 Å². The van der Waals surface area contributed by atoms with Crippen molar-refractivity contribution in [2.75, 3.05) is 0 Å². The van der Waals surface area contributed by atoms with Crippen LogP contribution in [0.25, 0.3) is 22.8 Å². The molecular formula is C19H13ClS. The van der Waals surface area contributed by atoms with Gasteiger partial charge < -0.3 is 0 Å². The zero-order chi connectivity index (χ0) is 14.2. The lowest BCUT2D eigenvalue weighted by atomic mass is 9.97. The molecule has 0 atom stereocenters. The second-order valence-electron chi connectivity index (χ2n) is 5.21. The van der Waals surface area contributed by atoms with Crippen LogP contribution in [-0.2, 0) is 6.42 Å². The van der Waals surface area contributed by atoms with Crippen LogP contribution in [0.3, 0.4) is 0 Å². The van der Waals surface area contributed by atoms with E-state index in [1.165, 1.54) is 32.7 Å². The average molecular weight is 309 g/mol. The average Bonchev–Trinajstić information content (AvgIpc) is 3.16. The maximum atomic E-state index is 6.00. The molecule has 0 spiro atoms. The fourth-order valence-electron chi connectivity index (χ4n) is 2.87. The molecule has 0 bridgehead atoms. The van der Waals surface area contributed by atoms with Gasteiger partial charge >= 0.3 is 0 Å². The van der Waals surface area contributed by atoms with E-state index in [9.17, 15) is 0 Å². The Labute approximate surface area is 133 Å². The summed E-state index contributed by atoms with van der Waals surface area (Å²) >= 11 is 7.81. The van der Waals surface area contributed by atoms with E-state index in [1.807, 2.05) is 23.5 Å². The molecule has 0 unspecified atom stereocenters. The molecule has 0 radical (unpaired) electrons. The van der Waals surface area contributed by atoms with Crippen LogP contribution in [0.15, 0.2) is 60.0 Å². The van der Waals surface area contributed by atoms with Crippen LogP contribution in [0.1, 0.15) is 16.0 Å². The van der Waals surface area contributed by atoms with Gasteiger partial charge in [-0.25, -0.2) is 0 Å². The normalized spacial score (nSPS) is 13.1. The Morgan fingerprint density at radius 1 is 0.905 bits per heavy atom.